The van der Waals surface area contributed by atoms with E-state index in [4.69, 9.17) is 5.11 Å². The van der Waals surface area contributed by atoms with Gasteiger partial charge in [0.1, 0.15) is 5.75 Å². The van der Waals surface area contributed by atoms with Crippen molar-refractivity contribution in [1.29, 1.82) is 0 Å². The van der Waals surface area contributed by atoms with Crippen LogP contribution in [0.1, 0.15) is 5.56 Å². The van der Waals surface area contributed by atoms with Gasteiger partial charge >= 0.3 is 6.08 Å². The zero-order chi connectivity index (χ0) is 9.14. The Hall–Kier alpha value is -1.45. The molecule has 0 fully saturated rings. The second-order valence-electron chi connectivity index (χ2n) is 2.12. The standard InChI is InChI=1S/C8H5F3O/c9-7(8(10)11)5-1-3-6(12)4-2-5/h1-4,12H. The van der Waals surface area contributed by atoms with E-state index in [0.29, 0.717) is 0 Å². The first-order chi connectivity index (χ1) is 5.61. The Bertz CT molecular complexity index is 299. The zero-order valence-electron chi connectivity index (χ0n) is 5.89. The van der Waals surface area contributed by atoms with Crippen LogP contribution in [0.4, 0.5) is 13.2 Å². The number of aromatic hydroxyl groups is 1. The monoisotopic (exact) mass is 174 g/mol. The van der Waals surface area contributed by atoms with Gasteiger partial charge in [-0.1, -0.05) is 0 Å². The predicted octanol–water partition coefficient (Wildman–Crippen LogP) is 2.93. The van der Waals surface area contributed by atoms with Crippen LogP contribution in [-0.2, 0) is 0 Å². The van der Waals surface area contributed by atoms with Gasteiger partial charge in [0.05, 0.1) is 0 Å². The Morgan fingerprint density at radius 3 is 1.92 bits per heavy atom. The maximum Gasteiger partial charge on any atom is 0.306 e. The maximum atomic E-state index is 12.4. The molecule has 0 bridgehead atoms. The van der Waals surface area contributed by atoms with Crippen molar-refractivity contribution in [2.45, 2.75) is 0 Å². The molecule has 0 radical (unpaired) electrons. The fraction of sp³-hybridized carbons (Fsp3) is 0. The average molecular weight is 174 g/mol. The minimum absolute atomic E-state index is 0.0918. The molecule has 0 heterocycles. The molecule has 0 saturated carbocycles. The van der Waals surface area contributed by atoms with Gasteiger partial charge in [0.25, 0.3) is 0 Å². The summed E-state index contributed by atoms with van der Waals surface area (Å²) in [6, 6.07) is 4.42. The molecule has 0 aliphatic rings. The number of hydrogen-bond acceptors (Lipinski definition) is 1. The van der Waals surface area contributed by atoms with Gasteiger partial charge in [-0.15, -0.1) is 0 Å². The summed E-state index contributed by atoms with van der Waals surface area (Å²) in [6.07, 6.45) is -2.36. The third-order valence-electron chi connectivity index (χ3n) is 1.29. The highest BCUT2D eigenvalue weighted by Crippen LogP contribution is 2.23. The van der Waals surface area contributed by atoms with Crippen LogP contribution in [0.3, 0.4) is 0 Å². The van der Waals surface area contributed by atoms with E-state index < -0.39 is 11.9 Å². The van der Waals surface area contributed by atoms with Crippen LogP contribution < -0.4 is 0 Å². The van der Waals surface area contributed by atoms with Crippen molar-refractivity contribution >= 4 is 5.83 Å². The number of phenols is 1. The Labute approximate surface area is 66.8 Å². The van der Waals surface area contributed by atoms with E-state index in [-0.39, 0.29) is 11.3 Å². The third kappa shape index (κ3) is 1.78. The fourth-order valence-corrected chi connectivity index (χ4v) is 0.717. The molecule has 4 heteroatoms. The van der Waals surface area contributed by atoms with Crippen molar-refractivity contribution in [3.8, 4) is 5.75 Å². The van der Waals surface area contributed by atoms with Gasteiger partial charge in [0, 0.05) is 5.56 Å². The van der Waals surface area contributed by atoms with Gasteiger partial charge in [-0.25, -0.2) is 4.39 Å². The van der Waals surface area contributed by atoms with Crippen molar-refractivity contribution in [1.82, 2.24) is 0 Å². The number of benzene rings is 1. The molecule has 0 atom stereocenters. The fourth-order valence-electron chi connectivity index (χ4n) is 0.717. The van der Waals surface area contributed by atoms with E-state index in [9.17, 15) is 13.2 Å². The SMILES string of the molecule is Oc1ccc(C(F)=C(F)F)cc1. The largest absolute Gasteiger partial charge is 0.508 e. The molecule has 1 nitrogen and oxygen atoms in total. The molecule has 0 saturated heterocycles. The lowest BCUT2D eigenvalue weighted by Crippen LogP contribution is -1.77. The summed E-state index contributed by atoms with van der Waals surface area (Å²) in [6.45, 7) is 0. The van der Waals surface area contributed by atoms with E-state index in [1.807, 2.05) is 0 Å². The minimum Gasteiger partial charge on any atom is -0.508 e. The molecular weight excluding hydrogens is 169 g/mol. The van der Waals surface area contributed by atoms with Crippen LogP contribution in [0, 0.1) is 0 Å². The summed E-state index contributed by atoms with van der Waals surface area (Å²) >= 11 is 0. The van der Waals surface area contributed by atoms with Crippen LogP contribution in [0.15, 0.2) is 30.3 Å². The Morgan fingerprint density at radius 1 is 1.00 bits per heavy atom. The van der Waals surface area contributed by atoms with Crippen molar-refractivity contribution < 1.29 is 18.3 Å². The molecule has 0 aliphatic carbocycles. The highest BCUT2D eigenvalue weighted by Gasteiger charge is 2.07. The zero-order valence-corrected chi connectivity index (χ0v) is 5.89. The molecule has 0 amide bonds. The molecule has 0 aliphatic heterocycles. The second-order valence-corrected chi connectivity index (χ2v) is 2.12. The van der Waals surface area contributed by atoms with Crippen molar-refractivity contribution in [2.24, 2.45) is 0 Å². The topological polar surface area (TPSA) is 20.2 Å². The molecule has 1 rings (SSSR count). The van der Waals surface area contributed by atoms with Gasteiger partial charge in [-0.3, -0.25) is 0 Å². The molecule has 1 N–H and O–H groups in total. The first kappa shape index (κ1) is 8.64. The molecular formula is C8H5F3O. The molecule has 0 unspecified atom stereocenters. The van der Waals surface area contributed by atoms with Gasteiger partial charge in [0.2, 0.25) is 0 Å². The van der Waals surface area contributed by atoms with E-state index in [1.54, 1.807) is 0 Å². The summed E-state index contributed by atoms with van der Waals surface area (Å²) in [5.74, 6) is -1.65. The van der Waals surface area contributed by atoms with Gasteiger partial charge < -0.3 is 5.11 Å². The Kier molecular flexibility index (Phi) is 2.38. The molecule has 0 aromatic heterocycles. The lowest BCUT2D eigenvalue weighted by atomic mass is 10.2. The summed E-state index contributed by atoms with van der Waals surface area (Å²) in [7, 11) is 0. The summed E-state index contributed by atoms with van der Waals surface area (Å²) in [5.41, 5.74) is -0.243. The average Bonchev–Trinajstić information content (AvgIpc) is 2.04. The Balaban J connectivity index is 3.06. The van der Waals surface area contributed by atoms with Gasteiger partial charge in [0.15, 0.2) is 5.83 Å². The summed E-state index contributed by atoms with van der Waals surface area (Å²) < 4.78 is 35.8. The van der Waals surface area contributed by atoms with Crippen LogP contribution in [0.25, 0.3) is 5.83 Å². The lowest BCUT2D eigenvalue weighted by Gasteiger charge is -1.95. The molecule has 1 aromatic rings. The summed E-state index contributed by atoms with van der Waals surface area (Å²) in [5, 5.41) is 8.75. The quantitative estimate of drug-likeness (QED) is 0.693. The van der Waals surface area contributed by atoms with E-state index in [1.165, 1.54) is 0 Å². The normalized spacial score (nSPS) is 9.58. The van der Waals surface area contributed by atoms with Crippen molar-refractivity contribution in [3.63, 3.8) is 0 Å². The molecule has 64 valence electrons. The number of hydrogen-bond donors (Lipinski definition) is 1. The predicted molar refractivity (Wildman–Crippen MR) is 38.4 cm³/mol. The number of phenolic OH excluding ortho intramolecular Hbond substituents is 1. The number of rotatable bonds is 1. The van der Waals surface area contributed by atoms with E-state index in [2.05, 4.69) is 0 Å². The summed E-state index contributed by atoms with van der Waals surface area (Å²) in [4.78, 5) is 0. The van der Waals surface area contributed by atoms with Gasteiger partial charge in [-0.05, 0) is 24.3 Å². The third-order valence-corrected chi connectivity index (χ3v) is 1.29. The smallest absolute Gasteiger partial charge is 0.306 e. The minimum atomic E-state index is -2.36. The van der Waals surface area contributed by atoms with Crippen LogP contribution >= 0.6 is 0 Å². The highest BCUT2D eigenvalue weighted by atomic mass is 19.3. The van der Waals surface area contributed by atoms with Crippen LogP contribution in [-0.4, -0.2) is 5.11 Å². The highest BCUT2D eigenvalue weighted by molar-refractivity contribution is 5.60. The van der Waals surface area contributed by atoms with Crippen LogP contribution in [0.2, 0.25) is 0 Å². The first-order valence-corrected chi connectivity index (χ1v) is 3.11. The molecule has 12 heavy (non-hydrogen) atoms. The van der Waals surface area contributed by atoms with Crippen LogP contribution in [0.5, 0.6) is 5.75 Å². The first-order valence-electron chi connectivity index (χ1n) is 3.11. The van der Waals surface area contributed by atoms with E-state index in [0.717, 1.165) is 24.3 Å². The van der Waals surface area contributed by atoms with Crippen molar-refractivity contribution in [2.75, 3.05) is 0 Å². The van der Waals surface area contributed by atoms with E-state index >= 15 is 0 Å². The Morgan fingerprint density at radius 2 is 1.50 bits per heavy atom. The number of halogens is 3. The maximum absolute atomic E-state index is 12.4. The second kappa shape index (κ2) is 3.30. The molecule has 0 spiro atoms. The van der Waals surface area contributed by atoms with Gasteiger partial charge in [-0.2, -0.15) is 8.78 Å². The molecule has 1 aromatic carbocycles. The lowest BCUT2D eigenvalue weighted by molar-refractivity contribution is 0.410. The van der Waals surface area contributed by atoms with Crippen molar-refractivity contribution in [3.05, 3.63) is 35.9 Å².